The molecule has 4 heteroatoms. The predicted octanol–water partition coefficient (Wildman–Crippen LogP) is 4.05. The van der Waals surface area contributed by atoms with Crippen molar-refractivity contribution in [2.24, 2.45) is 4.99 Å². The van der Waals surface area contributed by atoms with Crippen LogP contribution < -0.4 is 5.36 Å². The molecular weight excluding hydrogens is 278 g/mol. The van der Waals surface area contributed by atoms with E-state index in [-0.39, 0.29) is 0 Å². The smallest absolute Gasteiger partial charge is 0.0979 e. The molecule has 2 heterocycles. The van der Waals surface area contributed by atoms with Gasteiger partial charge < -0.3 is 4.98 Å². The molecule has 5 aromatic rings. The molecule has 0 unspecified atom stereocenters. The summed E-state index contributed by atoms with van der Waals surface area (Å²) in [4.78, 5) is 12.8. The van der Waals surface area contributed by atoms with Crippen molar-refractivity contribution < 1.29 is 0 Å². The average Bonchev–Trinajstić information content (AvgIpc) is 3.10. The third-order valence-corrected chi connectivity index (χ3v) is 4.88. The minimum atomic E-state index is 1.03. The third-order valence-electron chi connectivity index (χ3n) is 4.15. The minimum Gasteiger partial charge on any atom is -0.351 e. The first-order chi connectivity index (χ1) is 10.4. The highest BCUT2D eigenvalue weighted by Gasteiger charge is 2.14. The Labute approximate surface area is 123 Å². The zero-order valence-electron chi connectivity index (χ0n) is 11.3. The summed E-state index contributed by atoms with van der Waals surface area (Å²) in [7, 11) is 1.84. The van der Waals surface area contributed by atoms with Crippen molar-refractivity contribution >= 4 is 54.9 Å². The molecule has 0 aliphatic rings. The number of nitrogens with zero attached hydrogens (tertiary/aromatic N) is 2. The van der Waals surface area contributed by atoms with E-state index in [4.69, 9.17) is 4.98 Å². The van der Waals surface area contributed by atoms with Crippen LogP contribution in [0.5, 0.6) is 0 Å². The van der Waals surface area contributed by atoms with Crippen LogP contribution in [0.15, 0.2) is 46.1 Å². The van der Waals surface area contributed by atoms with E-state index in [1.807, 2.05) is 7.05 Å². The Bertz CT molecular complexity index is 1150. The van der Waals surface area contributed by atoms with Gasteiger partial charge in [0.25, 0.3) is 0 Å². The lowest BCUT2D eigenvalue weighted by atomic mass is 10.1. The first-order valence-electron chi connectivity index (χ1n) is 6.82. The van der Waals surface area contributed by atoms with Gasteiger partial charge in [0, 0.05) is 39.4 Å². The molecule has 0 spiro atoms. The number of nitrogens with one attached hydrogen (secondary N) is 1. The third kappa shape index (κ3) is 1.33. The van der Waals surface area contributed by atoms with Gasteiger partial charge in [0.15, 0.2) is 0 Å². The molecular formula is C17H11N3S. The molecule has 0 radical (unpaired) electrons. The average molecular weight is 289 g/mol. The number of aromatic amines is 1. The lowest BCUT2D eigenvalue weighted by Crippen LogP contribution is -2.00. The van der Waals surface area contributed by atoms with Gasteiger partial charge in [0.1, 0.15) is 0 Å². The van der Waals surface area contributed by atoms with Gasteiger partial charge in [0.05, 0.1) is 27.4 Å². The zero-order valence-corrected chi connectivity index (χ0v) is 12.2. The normalized spacial score (nSPS) is 13.3. The van der Waals surface area contributed by atoms with Crippen molar-refractivity contribution in [3.05, 3.63) is 46.4 Å². The Morgan fingerprint density at radius 3 is 2.86 bits per heavy atom. The number of hydrogen-bond donors (Lipinski definition) is 1. The molecule has 0 fully saturated rings. The molecule has 0 aliphatic carbocycles. The van der Waals surface area contributed by atoms with Crippen molar-refractivity contribution in [1.82, 2.24) is 9.97 Å². The molecule has 1 N–H and O–H groups in total. The molecule has 3 aromatic carbocycles. The highest BCUT2D eigenvalue weighted by atomic mass is 32.1. The Morgan fingerprint density at radius 2 is 1.95 bits per heavy atom. The molecule has 100 valence electrons. The molecule has 2 aromatic heterocycles. The molecule has 5 rings (SSSR count). The lowest BCUT2D eigenvalue weighted by molar-refractivity contribution is 1.30. The molecule has 21 heavy (non-hydrogen) atoms. The summed E-state index contributed by atoms with van der Waals surface area (Å²) < 4.78 is 0. The molecule has 3 nitrogen and oxygen atoms in total. The van der Waals surface area contributed by atoms with Crippen LogP contribution in [-0.2, 0) is 0 Å². The molecule has 0 atom stereocenters. The van der Waals surface area contributed by atoms with E-state index in [9.17, 15) is 0 Å². The second kappa shape index (κ2) is 3.80. The van der Waals surface area contributed by atoms with E-state index >= 15 is 0 Å². The molecule has 0 bridgehead atoms. The Kier molecular flexibility index (Phi) is 2.03. The van der Waals surface area contributed by atoms with Gasteiger partial charge in [-0.05, 0) is 6.07 Å². The fourth-order valence-electron chi connectivity index (χ4n) is 3.22. The highest BCUT2D eigenvalue weighted by molar-refractivity contribution is 7.09. The van der Waals surface area contributed by atoms with Gasteiger partial charge in [-0.2, -0.15) is 0 Å². The van der Waals surface area contributed by atoms with Gasteiger partial charge in [0.2, 0.25) is 0 Å². The predicted molar refractivity (Wildman–Crippen MR) is 89.2 cm³/mol. The van der Waals surface area contributed by atoms with Gasteiger partial charge in [-0.15, -0.1) is 11.3 Å². The summed E-state index contributed by atoms with van der Waals surface area (Å²) in [6.07, 6.45) is 0. The monoisotopic (exact) mass is 289 g/mol. The Balaban J connectivity index is 2.19. The van der Waals surface area contributed by atoms with E-state index in [0.717, 1.165) is 27.4 Å². The first-order valence-corrected chi connectivity index (χ1v) is 7.76. The fourth-order valence-corrected chi connectivity index (χ4v) is 3.91. The van der Waals surface area contributed by atoms with Crippen molar-refractivity contribution in [2.75, 3.05) is 7.05 Å². The number of rotatable bonds is 0. The van der Waals surface area contributed by atoms with E-state index in [0.29, 0.717) is 0 Å². The maximum Gasteiger partial charge on any atom is 0.0979 e. The fraction of sp³-hybridized carbons (Fsp3) is 0.0588. The van der Waals surface area contributed by atoms with E-state index in [2.05, 4.69) is 51.1 Å². The largest absolute Gasteiger partial charge is 0.351 e. The van der Waals surface area contributed by atoms with Crippen molar-refractivity contribution in [1.29, 1.82) is 0 Å². The quantitative estimate of drug-likeness (QED) is 0.459. The standard InChI is InChI=1S/C17H11N3S/c1-18-12-6-5-11-15-9(12)3-2-4-10(15)16-17(11)20-14-8-21-7-13(14)19-16/h2-8,20H,1H3. The summed E-state index contributed by atoms with van der Waals surface area (Å²) in [5, 5.41) is 10.1. The van der Waals surface area contributed by atoms with Crippen LogP contribution in [0, 0.1) is 0 Å². The number of hydrogen-bond acceptors (Lipinski definition) is 3. The summed E-state index contributed by atoms with van der Waals surface area (Å²) in [5.74, 6) is 0. The minimum absolute atomic E-state index is 1.03. The van der Waals surface area contributed by atoms with Gasteiger partial charge in [-0.1, -0.05) is 24.3 Å². The highest BCUT2D eigenvalue weighted by Crippen LogP contribution is 2.36. The molecule has 0 amide bonds. The van der Waals surface area contributed by atoms with Crippen molar-refractivity contribution in [3.8, 4) is 0 Å². The SMILES string of the molecule is CN=c1ccc2c3[nH]c4cscc4nc3c3cccc1c32. The summed E-state index contributed by atoms with van der Waals surface area (Å²) >= 11 is 1.68. The van der Waals surface area contributed by atoms with Crippen LogP contribution in [0.1, 0.15) is 0 Å². The Hall–Kier alpha value is -2.46. The van der Waals surface area contributed by atoms with Crippen LogP contribution in [0.3, 0.4) is 0 Å². The van der Waals surface area contributed by atoms with Crippen LogP contribution in [0.25, 0.3) is 43.6 Å². The van der Waals surface area contributed by atoms with E-state index < -0.39 is 0 Å². The van der Waals surface area contributed by atoms with Crippen molar-refractivity contribution in [3.63, 3.8) is 0 Å². The van der Waals surface area contributed by atoms with Crippen LogP contribution in [0.4, 0.5) is 0 Å². The van der Waals surface area contributed by atoms with Crippen LogP contribution in [-0.4, -0.2) is 17.0 Å². The number of fused-ring (bicyclic) bond motifs is 4. The van der Waals surface area contributed by atoms with Gasteiger partial charge in [-0.3, -0.25) is 4.99 Å². The second-order valence-electron chi connectivity index (χ2n) is 5.22. The van der Waals surface area contributed by atoms with Gasteiger partial charge >= 0.3 is 0 Å². The number of thiophene rings is 1. The first kappa shape index (κ1) is 11.2. The Morgan fingerprint density at radius 1 is 1.05 bits per heavy atom. The lowest BCUT2D eigenvalue weighted by Gasteiger charge is -1.98. The van der Waals surface area contributed by atoms with Crippen LogP contribution in [0.2, 0.25) is 0 Å². The number of aromatic nitrogens is 2. The van der Waals surface area contributed by atoms with E-state index in [1.54, 1.807) is 11.3 Å². The van der Waals surface area contributed by atoms with E-state index in [1.165, 1.54) is 21.5 Å². The summed E-state index contributed by atoms with van der Waals surface area (Å²) in [6, 6.07) is 10.6. The number of benzene rings is 2. The topological polar surface area (TPSA) is 41.0 Å². The summed E-state index contributed by atoms with van der Waals surface area (Å²) in [5.41, 5.74) is 4.30. The van der Waals surface area contributed by atoms with Crippen molar-refractivity contribution in [2.45, 2.75) is 0 Å². The van der Waals surface area contributed by atoms with Gasteiger partial charge in [-0.25, -0.2) is 4.98 Å². The second-order valence-corrected chi connectivity index (χ2v) is 5.96. The van der Waals surface area contributed by atoms with Crippen LogP contribution >= 0.6 is 11.3 Å². The maximum absolute atomic E-state index is 4.86. The number of H-pyrrole nitrogens is 1. The molecule has 0 saturated heterocycles. The zero-order chi connectivity index (χ0) is 14.0. The summed E-state index contributed by atoms with van der Waals surface area (Å²) in [6.45, 7) is 0. The molecule has 0 aliphatic heterocycles. The maximum atomic E-state index is 4.86. The molecule has 0 saturated carbocycles.